The lowest BCUT2D eigenvalue weighted by molar-refractivity contribution is 0.425. The number of unbranched alkanes of at least 4 members (excludes halogenated alkanes) is 1. The minimum Gasteiger partial charge on any atom is -0.0888 e. The molecule has 0 rings (SSSR count). The zero-order valence-corrected chi connectivity index (χ0v) is 10.4. The molecule has 0 bridgehead atoms. The quantitative estimate of drug-likeness (QED) is 0.558. The van der Waals surface area contributed by atoms with Crippen LogP contribution >= 0.6 is 15.9 Å². The van der Waals surface area contributed by atoms with Gasteiger partial charge in [0.25, 0.3) is 0 Å². The molecular weight excluding hydrogens is 212 g/mol. The molecule has 2 unspecified atom stereocenters. The van der Waals surface area contributed by atoms with Gasteiger partial charge in [0.15, 0.2) is 0 Å². The maximum atomic E-state index is 3.79. The van der Waals surface area contributed by atoms with Crippen LogP contribution in [0.15, 0.2) is 0 Å². The maximum Gasteiger partial charge on any atom is 0.0173 e. The lowest BCUT2D eigenvalue weighted by Crippen LogP contribution is -2.13. The van der Waals surface area contributed by atoms with Gasteiger partial charge < -0.3 is 0 Å². The second-order valence-corrected chi connectivity index (χ2v) is 4.79. The Labute approximate surface area is 86.3 Å². The van der Waals surface area contributed by atoms with E-state index in [1.807, 2.05) is 0 Å². The Morgan fingerprint density at radius 3 is 2.08 bits per heavy atom. The van der Waals surface area contributed by atoms with Crippen molar-refractivity contribution in [1.29, 1.82) is 0 Å². The molecule has 0 aliphatic heterocycles. The molecule has 0 heterocycles. The second kappa shape index (κ2) is 8.10. The monoisotopic (exact) mass is 234 g/mol. The summed E-state index contributed by atoms with van der Waals surface area (Å²) in [5, 5.41) is 0. The molecule has 0 aromatic rings. The van der Waals surface area contributed by atoms with Crippen molar-refractivity contribution in [1.82, 2.24) is 0 Å². The van der Waals surface area contributed by atoms with E-state index in [1.54, 1.807) is 0 Å². The van der Waals surface area contributed by atoms with Crippen molar-refractivity contribution in [3.63, 3.8) is 0 Å². The number of rotatable bonds is 7. The predicted molar refractivity (Wildman–Crippen MR) is 60.9 cm³/mol. The summed E-state index contributed by atoms with van der Waals surface area (Å²) >= 11 is 3.79. The van der Waals surface area contributed by atoms with Gasteiger partial charge in [-0.1, -0.05) is 62.4 Å². The van der Waals surface area contributed by atoms with Gasteiger partial charge in [0.1, 0.15) is 0 Å². The first-order valence-corrected chi connectivity index (χ1v) is 6.31. The normalized spacial score (nSPS) is 16.0. The van der Waals surface area contributed by atoms with Crippen molar-refractivity contribution < 1.29 is 0 Å². The standard InChI is InChI=1S/C11H23Br/c1-4-7-9-10(6-3)11(12)8-5-2/h10-11H,4-9H2,1-3H3. The summed E-state index contributed by atoms with van der Waals surface area (Å²) in [6.07, 6.45) is 8.10. The van der Waals surface area contributed by atoms with Crippen molar-refractivity contribution in [3.05, 3.63) is 0 Å². The molecule has 0 aromatic carbocycles. The Hall–Kier alpha value is 0.480. The molecule has 0 saturated carbocycles. The van der Waals surface area contributed by atoms with Crippen LogP contribution in [-0.2, 0) is 0 Å². The van der Waals surface area contributed by atoms with Crippen molar-refractivity contribution in [2.45, 2.75) is 64.1 Å². The van der Waals surface area contributed by atoms with Crippen LogP contribution in [-0.4, -0.2) is 4.83 Å². The Bertz CT molecular complexity index is 91.0. The van der Waals surface area contributed by atoms with Crippen LogP contribution in [0.25, 0.3) is 0 Å². The fourth-order valence-corrected chi connectivity index (χ4v) is 2.71. The van der Waals surface area contributed by atoms with Crippen molar-refractivity contribution in [3.8, 4) is 0 Å². The van der Waals surface area contributed by atoms with Crippen molar-refractivity contribution >= 4 is 15.9 Å². The first kappa shape index (κ1) is 12.5. The Balaban J connectivity index is 3.62. The Kier molecular flexibility index (Phi) is 8.42. The minimum atomic E-state index is 0.763. The highest BCUT2D eigenvalue weighted by Crippen LogP contribution is 2.25. The summed E-state index contributed by atoms with van der Waals surface area (Å²) < 4.78 is 0. The van der Waals surface area contributed by atoms with Crippen LogP contribution in [0.3, 0.4) is 0 Å². The molecule has 1 heteroatoms. The highest BCUT2D eigenvalue weighted by atomic mass is 79.9. The van der Waals surface area contributed by atoms with E-state index in [0.717, 1.165) is 10.7 Å². The summed E-state index contributed by atoms with van der Waals surface area (Å²) in [5.74, 6) is 0.907. The van der Waals surface area contributed by atoms with Gasteiger partial charge in [0.05, 0.1) is 0 Å². The Morgan fingerprint density at radius 2 is 1.67 bits per heavy atom. The van der Waals surface area contributed by atoms with Gasteiger partial charge in [-0.25, -0.2) is 0 Å². The van der Waals surface area contributed by atoms with Crippen LogP contribution in [0.5, 0.6) is 0 Å². The van der Waals surface area contributed by atoms with E-state index < -0.39 is 0 Å². The van der Waals surface area contributed by atoms with Gasteiger partial charge in [-0.15, -0.1) is 0 Å². The van der Waals surface area contributed by atoms with Crippen molar-refractivity contribution in [2.75, 3.05) is 0 Å². The smallest absolute Gasteiger partial charge is 0.0173 e. The summed E-state index contributed by atoms with van der Waals surface area (Å²) in [6, 6.07) is 0. The van der Waals surface area contributed by atoms with Crippen LogP contribution in [0, 0.1) is 5.92 Å². The molecule has 0 aromatic heterocycles. The second-order valence-electron chi connectivity index (χ2n) is 3.62. The first-order valence-electron chi connectivity index (χ1n) is 5.40. The number of hydrogen-bond donors (Lipinski definition) is 0. The SMILES string of the molecule is CCCCC(CC)C(Br)CCC. The minimum absolute atomic E-state index is 0.763. The molecule has 0 aliphatic carbocycles. The topological polar surface area (TPSA) is 0 Å². The summed E-state index contributed by atoms with van der Waals surface area (Å²) in [7, 11) is 0. The molecule has 0 amide bonds. The van der Waals surface area contributed by atoms with Crippen molar-refractivity contribution in [2.24, 2.45) is 5.92 Å². The van der Waals surface area contributed by atoms with Gasteiger partial charge in [0.2, 0.25) is 0 Å². The zero-order valence-electron chi connectivity index (χ0n) is 8.78. The van der Waals surface area contributed by atoms with E-state index in [1.165, 1.54) is 38.5 Å². The lowest BCUT2D eigenvalue weighted by Gasteiger charge is -2.20. The molecule has 0 aliphatic rings. The molecule has 0 fully saturated rings. The van der Waals surface area contributed by atoms with Gasteiger partial charge in [-0.05, 0) is 18.8 Å². The lowest BCUT2D eigenvalue weighted by atomic mass is 9.94. The van der Waals surface area contributed by atoms with Crippen LogP contribution in [0.2, 0.25) is 0 Å². The fraction of sp³-hybridized carbons (Fsp3) is 1.00. The van der Waals surface area contributed by atoms with E-state index in [2.05, 4.69) is 36.7 Å². The largest absolute Gasteiger partial charge is 0.0888 e. The summed E-state index contributed by atoms with van der Waals surface area (Å²) in [4.78, 5) is 0.763. The average molecular weight is 235 g/mol. The molecule has 12 heavy (non-hydrogen) atoms. The number of halogens is 1. The molecule has 0 radical (unpaired) electrons. The summed E-state index contributed by atoms with van der Waals surface area (Å²) in [6.45, 7) is 6.85. The molecule has 0 spiro atoms. The van der Waals surface area contributed by atoms with Gasteiger partial charge in [0, 0.05) is 4.83 Å². The van der Waals surface area contributed by atoms with E-state index in [9.17, 15) is 0 Å². The highest BCUT2D eigenvalue weighted by molar-refractivity contribution is 9.09. The van der Waals surface area contributed by atoms with Gasteiger partial charge >= 0.3 is 0 Å². The third-order valence-corrected chi connectivity index (χ3v) is 3.73. The van der Waals surface area contributed by atoms with Gasteiger partial charge in [-0.2, -0.15) is 0 Å². The fourth-order valence-electron chi connectivity index (χ4n) is 1.62. The van der Waals surface area contributed by atoms with E-state index in [0.29, 0.717) is 0 Å². The molecule has 0 nitrogen and oxygen atoms in total. The van der Waals surface area contributed by atoms with E-state index in [-0.39, 0.29) is 0 Å². The highest BCUT2D eigenvalue weighted by Gasteiger charge is 2.14. The predicted octanol–water partition coefficient (Wildman–Crippen LogP) is 4.77. The van der Waals surface area contributed by atoms with Gasteiger partial charge in [-0.3, -0.25) is 0 Å². The first-order chi connectivity index (χ1) is 5.76. The average Bonchev–Trinajstić information content (AvgIpc) is 2.06. The maximum absolute atomic E-state index is 3.79. The summed E-state index contributed by atoms with van der Waals surface area (Å²) in [5.41, 5.74) is 0. The number of alkyl halides is 1. The van der Waals surface area contributed by atoms with E-state index >= 15 is 0 Å². The molecule has 2 atom stereocenters. The van der Waals surface area contributed by atoms with Crippen LogP contribution in [0.4, 0.5) is 0 Å². The van der Waals surface area contributed by atoms with Crippen LogP contribution < -0.4 is 0 Å². The zero-order chi connectivity index (χ0) is 9.40. The number of hydrogen-bond acceptors (Lipinski definition) is 0. The molecule has 0 N–H and O–H groups in total. The molecular formula is C11H23Br. The Morgan fingerprint density at radius 1 is 1.00 bits per heavy atom. The third-order valence-electron chi connectivity index (χ3n) is 2.53. The molecule has 0 saturated heterocycles. The van der Waals surface area contributed by atoms with Crippen LogP contribution in [0.1, 0.15) is 59.3 Å². The third kappa shape index (κ3) is 5.18. The molecule has 74 valence electrons. The van der Waals surface area contributed by atoms with E-state index in [4.69, 9.17) is 0 Å².